The van der Waals surface area contributed by atoms with Gasteiger partial charge in [-0.05, 0) is 74.3 Å². The summed E-state index contributed by atoms with van der Waals surface area (Å²) in [5.41, 5.74) is 4.33. The molecular formula is C24H26Cl2N2OS2. The van der Waals surface area contributed by atoms with Gasteiger partial charge in [-0.2, -0.15) is 0 Å². The highest BCUT2D eigenvalue weighted by Gasteiger charge is 2.37. The molecule has 1 aliphatic rings. The van der Waals surface area contributed by atoms with Crippen molar-refractivity contribution in [3.05, 3.63) is 68.5 Å². The van der Waals surface area contributed by atoms with E-state index in [4.69, 9.17) is 32.4 Å². The van der Waals surface area contributed by atoms with Gasteiger partial charge in [0.15, 0.2) is 5.13 Å². The average Bonchev–Trinajstić information content (AvgIpc) is 3.51. The highest BCUT2D eigenvalue weighted by Crippen LogP contribution is 2.48. The SMILES string of the molecule is CCCN(c1nc(-c2ccc(Cl)cc2Cl)c(C)s1)C(c1ccc(COS)cc1)C1CC1. The summed E-state index contributed by atoms with van der Waals surface area (Å²) in [6.45, 7) is 5.81. The van der Waals surface area contributed by atoms with E-state index in [1.165, 1.54) is 18.4 Å². The molecule has 2 aromatic carbocycles. The van der Waals surface area contributed by atoms with Crippen LogP contribution in [0.3, 0.4) is 0 Å². The molecule has 0 saturated heterocycles. The molecule has 0 amide bonds. The zero-order valence-electron chi connectivity index (χ0n) is 17.6. The third-order valence-electron chi connectivity index (χ3n) is 5.64. The van der Waals surface area contributed by atoms with Crippen LogP contribution in [0.1, 0.15) is 48.2 Å². The van der Waals surface area contributed by atoms with Crippen molar-refractivity contribution in [1.82, 2.24) is 4.98 Å². The molecule has 1 atom stereocenters. The molecule has 1 heterocycles. The summed E-state index contributed by atoms with van der Waals surface area (Å²) in [7, 11) is 0. The van der Waals surface area contributed by atoms with Crippen LogP contribution < -0.4 is 4.90 Å². The molecule has 0 bridgehead atoms. The Morgan fingerprint density at radius 1 is 1.19 bits per heavy atom. The van der Waals surface area contributed by atoms with Crippen LogP contribution >= 0.6 is 47.4 Å². The number of nitrogens with zero attached hydrogens (tertiary/aromatic N) is 2. The van der Waals surface area contributed by atoms with Crippen LogP contribution in [-0.2, 0) is 10.8 Å². The Labute approximate surface area is 204 Å². The lowest BCUT2D eigenvalue weighted by atomic mass is 9.99. The number of hydrogen-bond donors (Lipinski definition) is 1. The number of rotatable bonds is 9. The van der Waals surface area contributed by atoms with Crippen molar-refractivity contribution in [3.8, 4) is 11.3 Å². The highest BCUT2D eigenvalue weighted by atomic mass is 35.5. The number of thiol groups is 1. The zero-order chi connectivity index (χ0) is 22.0. The molecule has 0 N–H and O–H groups in total. The average molecular weight is 494 g/mol. The second kappa shape index (κ2) is 10.1. The molecule has 1 unspecified atom stereocenters. The van der Waals surface area contributed by atoms with Gasteiger partial charge in [0.1, 0.15) is 0 Å². The summed E-state index contributed by atoms with van der Waals surface area (Å²) < 4.78 is 4.97. The number of aromatic nitrogens is 1. The zero-order valence-corrected chi connectivity index (χ0v) is 20.9. The molecule has 1 aromatic heterocycles. The third kappa shape index (κ3) is 5.23. The smallest absolute Gasteiger partial charge is 0.186 e. The van der Waals surface area contributed by atoms with Crippen molar-refractivity contribution in [2.24, 2.45) is 5.92 Å². The summed E-state index contributed by atoms with van der Waals surface area (Å²) in [5, 5.41) is 2.32. The predicted molar refractivity (Wildman–Crippen MR) is 136 cm³/mol. The molecule has 1 aliphatic carbocycles. The number of anilines is 1. The number of aryl methyl sites for hydroxylation is 1. The second-order valence-corrected chi connectivity index (χ2v) is 10.3. The minimum Gasteiger partial charge on any atom is -0.341 e. The van der Waals surface area contributed by atoms with Crippen molar-refractivity contribution in [2.75, 3.05) is 11.4 Å². The molecule has 3 nitrogen and oxygen atoms in total. The Morgan fingerprint density at radius 2 is 1.94 bits per heavy atom. The van der Waals surface area contributed by atoms with Crippen molar-refractivity contribution in [2.45, 2.75) is 45.8 Å². The van der Waals surface area contributed by atoms with E-state index in [0.29, 0.717) is 28.6 Å². The number of thiazole rings is 1. The van der Waals surface area contributed by atoms with E-state index in [1.807, 2.05) is 12.1 Å². The van der Waals surface area contributed by atoms with Gasteiger partial charge in [-0.25, -0.2) is 4.98 Å². The Morgan fingerprint density at radius 3 is 2.55 bits per heavy atom. The molecule has 4 rings (SSSR count). The summed E-state index contributed by atoms with van der Waals surface area (Å²) in [4.78, 5) is 8.74. The molecule has 7 heteroatoms. The summed E-state index contributed by atoms with van der Waals surface area (Å²) in [6.07, 6.45) is 3.57. The van der Waals surface area contributed by atoms with Gasteiger partial charge in [-0.15, -0.1) is 11.3 Å². The fourth-order valence-corrected chi connectivity index (χ4v) is 5.67. The van der Waals surface area contributed by atoms with Crippen LogP contribution in [0, 0.1) is 12.8 Å². The van der Waals surface area contributed by atoms with Crippen molar-refractivity contribution in [1.29, 1.82) is 0 Å². The van der Waals surface area contributed by atoms with Crippen molar-refractivity contribution in [3.63, 3.8) is 0 Å². The number of benzene rings is 2. The third-order valence-corrected chi connectivity index (χ3v) is 7.32. The maximum absolute atomic E-state index is 6.50. The first-order valence-corrected chi connectivity index (χ1v) is 12.5. The van der Waals surface area contributed by atoms with Crippen LogP contribution in [0.5, 0.6) is 0 Å². The summed E-state index contributed by atoms with van der Waals surface area (Å²) in [5.74, 6) is 0.658. The fraction of sp³-hybridized carbons (Fsp3) is 0.375. The first-order chi connectivity index (χ1) is 15.0. The summed E-state index contributed by atoms with van der Waals surface area (Å²) >= 11 is 18.2. The fourth-order valence-electron chi connectivity index (χ4n) is 4.04. The van der Waals surface area contributed by atoms with Crippen LogP contribution in [0.15, 0.2) is 42.5 Å². The molecule has 0 spiro atoms. The number of halogens is 2. The lowest BCUT2D eigenvalue weighted by Gasteiger charge is -2.32. The molecule has 1 fully saturated rings. The van der Waals surface area contributed by atoms with Gasteiger partial charge in [-0.3, -0.25) is 0 Å². The topological polar surface area (TPSA) is 25.4 Å². The quantitative estimate of drug-likeness (QED) is 0.241. The first kappa shape index (κ1) is 22.9. The van der Waals surface area contributed by atoms with Crippen LogP contribution in [0.4, 0.5) is 5.13 Å². The second-order valence-electron chi connectivity index (χ2n) is 8.02. The molecule has 164 valence electrons. The van der Waals surface area contributed by atoms with Gasteiger partial charge in [0.2, 0.25) is 0 Å². The van der Waals surface area contributed by atoms with Crippen LogP contribution in [0.25, 0.3) is 11.3 Å². The monoisotopic (exact) mass is 492 g/mol. The van der Waals surface area contributed by atoms with Gasteiger partial charge in [-0.1, -0.05) is 54.4 Å². The molecule has 0 radical (unpaired) electrons. The van der Waals surface area contributed by atoms with Gasteiger partial charge in [0.05, 0.1) is 23.4 Å². The van der Waals surface area contributed by atoms with E-state index in [9.17, 15) is 0 Å². The van der Waals surface area contributed by atoms with Crippen LogP contribution in [0.2, 0.25) is 10.0 Å². The Bertz CT molecular complexity index is 1030. The Kier molecular flexibility index (Phi) is 7.50. The maximum atomic E-state index is 6.50. The molecule has 3 aromatic rings. The van der Waals surface area contributed by atoms with Crippen LogP contribution in [-0.4, -0.2) is 11.5 Å². The maximum Gasteiger partial charge on any atom is 0.186 e. The predicted octanol–water partition coefficient (Wildman–Crippen LogP) is 8.15. The van der Waals surface area contributed by atoms with Gasteiger partial charge < -0.3 is 9.08 Å². The van der Waals surface area contributed by atoms with Crippen molar-refractivity contribution >= 4 is 52.6 Å². The van der Waals surface area contributed by atoms with E-state index in [2.05, 4.69) is 55.9 Å². The van der Waals surface area contributed by atoms with E-state index in [1.54, 1.807) is 17.4 Å². The minimum absolute atomic E-state index is 0.324. The van der Waals surface area contributed by atoms with Crippen molar-refractivity contribution < 1.29 is 4.18 Å². The highest BCUT2D eigenvalue weighted by molar-refractivity contribution is 7.75. The molecule has 0 aliphatic heterocycles. The Hall–Kier alpha value is -1.24. The minimum atomic E-state index is 0.324. The van der Waals surface area contributed by atoms with Gasteiger partial charge in [0.25, 0.3) is 0 Å². The first-order valence-electron chi connectivity index (χ1n) is 10.6. The molecule has 31 heavy (non-hydrogen) atoms. The van der Waals surface area contributed by atoms with Gasteiger partial charge >= 0.3 is 0 Å². The normalized spacial score (nSPS) is 14.6. The largest absolute Gasteiger partial charge is 0.341 e. The van der Waals surface area contributed by atoms with Gasteiger partial charge in [0, 0.05) is 22.0 Å². The standard InChI is InChI=1S/C24H26Cl2N2OS2/c1-3-12-28(23(18-8-9-18)17-6-4-16(5-7-17)14-29-30)24-27-22(15(2)31-24)20-11-10-19(25)13-21(20)26/h4-7,10-11,13,18,23,30H,3,8-9,12,14H2,1-2H3. The number of hydrogen-bond acceptors (Lipinski definition) is 5. The lowest BCUT2D eigenvalue weighted by Crippen LogP contribution is -2.31. The van der Waals surface area contributed by atoms with E-state index in [-0.39, 0.29) is 0 Å². The molecule has 1 saturated carbocycles. The summed E-state index contributed by atoms with van der Waals surface area (Å²) in [6, 6.07) is 14.7. The Balaban J connectivity index is 1.70. The lowest BCUT2D eigenvalue weighted by molar-refractivity contribution is 0.372. The van der Waals surface area contributed by atoms with E-state index >= 15 is 0 Å². The van der Waals surface area contributed by atoms with E-state index in [0.717, 1.165) is 39.8 Å². The molecular weight excluding hydrogens is 467 g/mol. The van der Waals surface area contributed by atoms with E-state index < -0.39 is 0 Å².